The van der Waals surface area contributed by atoms with Crippen LogP contribution >= 0.6 is 23.2 Å². The first-order valence-corrected chi connectivity index (χ1v) is 5.96. The summed E-state index contributed by atoms with van der Waals surface area (Å²) >= 11 is 11.9. The summed E-state index contributed by atoms with van der Waals surface area (Å²) in [5.74, 6) is 0. The van der Waals surface area contributed by atoms with Crippen molar-refractivity contribution >= 4 is 23.2 Å². The third-order valence-electron chi connectivity index (χ3n) is 2.96. The lowest BCUT2D eigenvalue weighted by atomic mass is 10.2. The summed E-state index contributed by atoms with van der Waals surface area (Å²) in [4.78, 5) is 6.49. The lowest BCUT2D eigenvalue weighted by Gasteiger charge is -2.21. The predicted octanol–water partition coefficient (Wildman–Crippen LogP) is 3.37. The Bertz CT molecular complexity index is 354. The van der Waals surface area contributed by atoms with Crippen molar-refractivity contribution in [3.63, 3.8) is 0 Å². The minimum Gasteiger partial charge on any atom is -0.296 e. The smallest absolute Gasteiger partial charge is 0.130 e. The van der Waals surface area contributed by atoms with Gasteiger partial charge in [0.15, 0.2) is 0 Å². The molecule has 2 nitrogen and oxygen atoms in total. The van der Waals surface area contributed by atoms with Crippen molar-refractivity contribution in [2.75, 3.05) is 6.54 Å². The molecule has 2 rings (SSSR count). The molecule has 1 saturated heterocycles. The molecule has 2 heterocycles. The van der Waals surface area contributed by atoms with E-state index >= 15 is 0 Å². The van der Waals surface area contributed by atoms with E-state index in [4.69, 9.17) is 23.2 Å². The zero-order chi connectivity index (χ0) is 10.8. The van der Waals surface area contributed by atoms with E-state index < -0.39 is 0 Å². The fraction of sp³-hybridized carbons (Fsp3) is 0.545. The van der Waals surface area contributed by atoms with Crippen LogP contribution in [0.25, 0.3) is 0 Å². The van der Waals surface area contributed by atoms with Gasteiger partial charge in [-0.3, -0.25) is 4.90 Å². The summed E-state index contributed by atoms with van der Waals surface area (Å²) in [6.07, 6.45) is 4.33. The Morgan fingerprint density at radius 3 is 2.93 bits per heavy atom. The Hall–Kier alpha value is -0.310. The molecule has 0 amide bonds. The van der Waals surface area contributed by atoms with Crippen molar-refractivity contribution in [1.82, 2.24) is 9.88 Å². The summed E-state index contributed by atoms with van der Waals surface area (Å²) in [7, 11) is 0. The molecule has 0 aromatic carbocycles. The quantitative estimate of drug-likeness (QED) is 0.742. The predicted molar refractivity (Wildman–Crippen MR) is 63.4 cm³/mol. The number of halogens is 2. The van der Waals surface area contributed by atoms with E-state index in [1.165, 1.54) is 12.8 Å². The Labute approximate surface area is 100 Å². The molecule has 1 aliphatic heterocycles. The van der Waals surface area contributed by atoms with Gasteiger partial charge in [0.05, 0.1) is 0 Å². The minimum atomic E-state index is 0.457. The molecule has 0 N–H and O–H groups in total. The zero-order valence-electron chi connectivity index (χ0n) is 8.71. The van der Waals surface area contributed by atoms with E-state index in [1.54, 1.807) is 12.3 Å². The first kappa shape index (κ1) is 11.2. The van der Waals surface area contributed by atoms with E-state index in [0.29, 0.717) is 16.2 Å². The number of aromatic nitrogens is 1. The molecule has 82 valence electrons. The molecule has 0 bridgehead atoms. The van der Waals surface area contributed by atoms with Gasteiger partial charge < -0.3 is 0 Å². The lowest BCUT2D eigenvalue weighted by molar-refractivity contribution is 0.260. The Balaban J connectivity index is 2.10. The zero-order valence-corrected chi connectivity index (χ0v) is 10.2. The van der Waals surface area contributed by atoms with Gasteiger partial charge in [0.2, 0.25) is 0 Å². The Kier molecular flexibility index (Phi) is 3.49. The molecule has 15 heavy (non-hydrogen) atoms. The van der Waals surface area contributed by atoms with Gasteiger partial charge in [-0.1, -0.05) is 23.2 Å². The second-order valence-electron chi connectivity index (χ2n) is 4.06. The van der Waals surface area contributed by atoms with Crippen molar-refractivity contribution in [2.45, 2.75) is 32.4 Å². The van der Waals surface area contributed by atoms with Gasteiger partial charge in [0, 0.05) is 29.4 Å². The number of rotatable bonds is 2. The summed E-state index contributed by atoms with van der Waals surface area (Å²) in [6.45, 7) is 4.29. The molecular formula is C11H14Cl2N2. The third kappa shape index (κ3) is 2.63. The van der Waals surface area contributed by atoms with Crippen molar-refractivity contribution in [2.24, 2.45) is 0 Å². The molecular weight excluding hydrogens is 231 g/mol. The molecule has 0 radical (unpaired) electrons. The molecule has 1 atom stereocenters. The van der Waals surface area contributed by atoms with E-state index in [1.807, 2.05) is 0 Å². The maximum Gasteiger partial charge on any atom is 0.130 e. The van der Waals surface area contributed by atoms with Crippen molar-refractivity contribution in [1.29, 1.82) is 0 Å². The van der Waals surface area contributed by atoms with Crippen LogP contribution in [0.4, 0.5) is 0 Å². The van der Waals surface area contributed by atoms with Crippen LogP contribution < -0.4 is 0 Å². The topological polar surface area (TPSA) is 16.1 Å². The van der Waals surface area contributed by atoms with Crippen LogP contribution in [0.15, 0.2) is 12.3 Å². The summed E-state index contributed by atoms with van der Waals surface area (Å²) in [6, 6.07) is 2.36. The van der Waals surface area contributed by atoms with Crippen LogP contribution in [0.5, 0.6) is 0 Å². The number of pyridine rings is 1. The normalized spacial score (nSPS) is 22.2. The highest BCUT2D eigenvalue weighted by atomic mass is 35.5. The number of nitrogens with zero attached hydrogens (tertiary/aromatic N) is 2. The number of likely N-dealkylation sites (tertiary alicyclic amines) is 1. The molecule has 1 unspecified atom stereocenters. The van der Waals surface area contributed by atoms with Gasteiger partial charge >= 0.3 is 0 Å². The van der Waals surface area contributed by atoms with Crippen molar-refractivity contribution < 1.29 is 0 Å². The molecule has 0 aliphatic carbocycles. The van der Waals surface area contributed by atoms with E-state index in [2.05, 4.69) is 16.8 Å². The van der Waals surface area contributed by atoms with Gasteiger partial charge in [0.1, 0.15) is 5.15 Å². The van der Waals surface area contributed by atoms with Gasteiger partial charge in [-0.15, -0.1) is 0 Å². The van der Waals surface area contributed by atoms with Gasteiger partial charge in [-0.2, -0.15) is 0 Å². The molecule has 1 aromatic heterocycles. The summed E-state index contributed by atoms with van der Waals surface area (Å²) < 4.78 is 0. The fourth-order valence-corrected chi connectivity index (χ4v) is 2.42. The number of hydrogen-bond donors (Lipinski definition) is 0. The summed E-state index contributed by atoms with van der Waals surface area (Å²) in [5, 5.41) is 1.17. The highest BCUT2D eigenvalue weighted by Gasteiger charge is 2.20. The average molecular weight is 245 g/mol. The SMILES string of the molecule is CC1CCCN1Cc1cnc(Cl)cc1Cl. The van der Waals surface area contributed by atoms with Gasteiger partial charge in [-0.05, 0) is 32.4 Å². The van der Waals surface area contributed by atoms with Gasteiger partial charge in [0.25, 0.3) is 0 Å². The van der Waals surface area contributed by atoms with Crippen molar-refractivity contribution in [3.8, 4) is 0 Å². The lowest BCUT2D eigenvalue weighted by Crippen LogP contribution is -2.26. The first-order valence-electron chi connectivity index (χ1n) is 5.21. The standard InChI is InChI=1S/C11H14Cl2N2/c1-8-3-2-4-15(8)7-9-6-14-11(13)5-10(9)12/h5-6,8H,2-4,7H2,1H3. The highest BCUT2D eigenvalue weighted by Crippen LogP contribution is 2.24. The molecule has 0 spiro atoms. The van der Waals surface area contributed by atoms with Crippen LogP contribution in [0, 0.1) is 0 Å². The maximum atomic E-state index is 6.10. The summed E-state index contributed by atoms with van der Waals surface area (Å²) in [5.41, 5.74) is 1.06. The average Bonchev–Trinajstić information content (AvgIpc) is 2.57. The Morgan fingerprint density at radius 1 is 1.53 bits per heavy atom. The maximum absolute atomic E-state index is 6.10. The largest absolute Gasteiger partial charge is 0.296 e. The van der Waals surface area contributed by atoms with Crippen LogP contribution in [0.2, 0.25) is 10.2 Å². The first-order chi connectivity index (χ1) is 7.16. The molecule has 1 aromatic rings. The van der Waals surface area contributed by atoms with Crippen molar-refractivity contribution in [3.05, 3.63) is 28.0 Å². The van der Waals surface area contributed by atoms with E-state index in [9.17, 15) is 0 Å². The minimum absolute atomic E-state index is 0.457. The number of hydrogen-bond acceptors (Lipinski definition) is 2. The van der Waals surface area contributed by atoms with Crippen LogP contribution in [0.1, 0.15) is 25.3 Å². The highest BCUT2D eigenvalue weighted by molar-refractivity contribution is 6.34. The molecule has 0 saturated carbocycles. The molecule has 1 fully saturated rings. The molecule has 1 aliphatic rings. The van der Waals surface area contributed by atoms with E-state index in [0.717, 1.165) is 18.7 Å². The monoisotopic (exact) mass is 244 g/mol. The fourth-order valence-electron chi connectivity index (χ4n) is 2.00. The second-order valence-corrected chi connectivity index (χ2v) is 4.85. The second kappa shape index (κ2) is 4.69. The van der Waals surface area contributed by atoms with E-state index in [-0.39, 0.29) is 0 Å². The molecule has 4 heteroatoms. The Morgan fingerprint density at radius 2 is 2.33 bits per heavy atom. The van der Waals surface area contributed by atoms with Gasteiger partial charge in [-0.25, -0.2) is 4.98 Å². The van der Waals surface area contributed by atoms with Crippen LogP contribution in [-0.4, -0.2) is 22.5 Å². The van der Waals surface area contributed by atoms with Crippen LogP contribution in [-0.2, 0) is 6.54 Å². The van der Waals surface area contributed by atoms with Crippen LogP contribution in [0.3, 0.4) is 0 Å². The third-order valence-corrected chi connectivity index (χ3v) is 3.52.